The van der Waals surface area contributed by atoms with Crippen LogP contribution in [-0.4, -0.2) is 29.9 Å². The molecule has 0 radical (unpaired) electrons. The van der Waals surface area contributed by atoms with Gasteiger partial charge >= 0.3 is 0 Å². The molecule has 0 unspecified atom stereocenters. The van der Waals surface area contributed by atoms with Gasteiger partial charge in [0.2, 0.25) is 5.91 Å². The number of nitro benzene ring substituents is 1. The first kappa shape index (κ1) is 16.2. The molecular formula is C16H16N4O3. The van der Waals surface area contributed by atoms with E-state index in [4.69, 9.17) is 0 Å². The first-order chi connectivity index (χ1) is 11.0. The first-order valence-corrected chi connectivity index (χ1v) is 6.84. The molecule has 118 valence electrons. The van der Waals surface area contributed by atoms with Crippen molar-refractivity contribution in [2.75, 3.05) is 24.3 Å². The lowest BCUT2D eigenvalue weighted by atomic mass is 10.1. The van der Waals surface area contributed by atoms with E-state index in [9.17, 15) is 14.9 Å². The van der Waals surface area contributed by atoms with Gasteiger partial charge in [-0.25, -0.2) is 4.98 Å². The Morgan fingerprint density at radius 2 is 2.00 bits per heavy atom. The molecule has 23 heavy (non-hydrogen) atoms. The number of hydrogen-bond donors (Lipinski definition) is 1. The van der Waals surface area contributed by atoms with Gasteiger partial charge in [-0.3, -0.25) is 14.9 Å². The zero-order chi connectivity index (χ0) is 16.8. The molecule has 0 bridgehead atoms. The van der Waals surface area contributed by atoms with Crippen LogP contribution in [0.15, 0.2) is 48.7 Å². The third kappa shape index (κ3) is 4.13. The maximum atomic E-state index is 12.0. The Labute approximate surface area is 133 Å². The van der Waals surface area contributed by atoms with Gasteiger partial charge in [0.05, 0.1) is 16.2 Å². The predicted octanol–water partition coefficient (Wildman–Crippen LogP) is 2.71. The van der Waals surface area contributed by atoms with E-state index >= 15 is 0 Å². The fourth-order valence-corrected chi connectivity index (χ4v) is 1.99. The van der Waals surface area contributed by atoms with Crippen LogP contribution >= 0.6 is 0 Å². The summed E-state index contributed by atoms with van der Waals surface area (Å²) < 4.78 is 0. The lowest BCUT2D eigenvalue weighted by Gasteiger charge is -2.15. The molecule has 0 aliphatic carbocycles. The van der Waals surface area contributed by atoms with Crippen molar-refractivity contribution in [3.63, 3.8) is 0 Å². The molecular weight excluding hydrogens is 296 g/mol. The number of carbonyl (C=O) groups excluding carboxylic acids is 1. The highest BCUT2D eigenvalue weighted by atomic mass is 16.6. The minimum atomic E-state index is -0.483. The third-order valence-electron chi connectivity index (χ3n) is 3.02. The minimum absolute atomic E-state index is 0.0492. The van der Waals surface area contributed by atoms with Crippen LogP contribution in [0, 0.1) is 10.1 Å². The van der Waals surface area contributed by atoms with Gasteiger partial charge in [-0.2, -0.15) is 0 Å². The predicted molar refractivity (Wildman–Crippen MR) is 89.3 cm³/mol. The lowest BCUT2D eigenvalue weighted by Crippen LogP contribution is -2.16. The number of para-hydroxylation sites is 1. The molecule has 2 rings (SSSR count). The van der Waals surface area contributed by atoms with E-state index in [0.717, 1.165) is 0 Å². The molecule has 1 aromatic carbocycles. The average Bonchev–Trinajstić information content (AvgIpc) is 2.53. The molecule has 2 aromatic rings. The molecule has 0 spiro atoms. The monoisotopic (exact) mass is 312 g/mol. The average molecular weight is 312 g/mol. The number of anilines is 2. The molecule has 1 amide bonds. The van der Waals surface area contributed by atoms with Gasteiger partial charge in [0, 0.05) is 32.4 Å². The Morgan fingerprint density at radius 3 is 2.70 bits per heavy atom. The van der Waals surface area contributed by atoms with Gasteiger partial charge in [0.15, 0.2) is 5.82 Å². The number of nitro groups is 1. The minimum Gasteiger partial charge on any atom is -0.361 e. The Balaban J connectivity index is 2.16. The molecule has 0 atom stereocenters. The maximum Gasteiger partial charge on any atom is 0.276 e. The summed E-state index contributed by atoms with van der Waals surface area (Å²) in [6.07, 6.45) is 4.31. The summed E-state index contributed by atoms with van der Waals surface area (Å²) in [5.74, 6) is 0.235. The van der Waals surface area contributed by atoms with Crippen LogP contribution in [-0.2, 0) is 4.79 Å². The zero-order valence-corrected chi connectivity index (χ0v) is 12.8. The number of nitrogens with one attached hydrogen (secondary N) is 1. The van der Waals surface area contributed by atoms with Gasteiger partial charge in [-0.15, -0.1) is 0 Å². The lowest BCUT2D eigenvalue weighted by molar-refractivity contribution is -0.385. The zero-order valence-electron chi connectivity index (χ0n) is 12.8. The topological polar surface area (TPSA) is 88.4 Å². The molecule has 0 aliphatic rings. The first-order valence-electron chi connectivity index (χ1n) is 6.84. The summed E-state index contributed by atoms with van der Waals surface area (Å²) >= 11 is 0. The van der Waals surface area contributed by atoms with Crippen molar-refractivity contribution in [1.29, 1.82) is 0 Å². The van der Waals surface area contributed by atoms with E-state index in [2.05, 4.69) is 10.3 Å². The summed E-state index contributed by atoms with van der Waals surface area (Å²) in [6.45, 7) is 0. The molecule has 1 N–H and O–H groups in total. The van der Waals surface area contributed by atoms with Crippen molar-refractivity contribution in [1.82, 2.24) is 4.98 Å². The number of amides is 1. The maximum absolute atomic E-state index is 12.0. The Kier molecular flexibility index (Phi) is 5.03. The SMILES string of the molecule is CN(C)c1ncccc1NC(=O)/C=C/c1ccccc1[N+](=O)[O-]. The number of nitrogens with zero attached hydrogens (tertiary/aromatic N) is 3. The van der Waals surface area contributed by atoms with Gasteiger partial charge in [-0.1, -0.05) is 12.1 Å². The van der Waals surface area contributed by atoms with Crippen molar-refractivity contribution < 1.29 is 9.72 Å². The van der Waals surface area contributed by atoms with E-state index in [-0.39, 0.29) is 11.6 Å². The standard InChI is InChI=1S/C16H16N4O3/c1-19(2)16-13(7-5-11-17-16)18-15(21)10-9-12-6-3-4-8-14(12)20(22)23/h3-11H,1-2H3,(H,18,21)/b10-9+. The number of benzene rings is 1. The van der Waals surface area contributed by atoms with Crippen LogP contribution in [0.4, 0.5) is 17.2 Å². The summed E-state index contributed by atoms with van der Waals surface area (Å²) in [6, 6.07) is 9.68. The summed E-state index contributed by atoms with van der Waals surface area (Å²) in [5.41, 5.74) is 0.883. The van der Waals surface area contributed by atoms with Gasteiger partial charge in [-0.05, 0) is 24.3 Å². The van der Waals surface area contributed by atoms with Gasteiger partial charge in [0.25, 0.3) is 5.69 Å². The number of hydrogen-bond acceptors (Lipinski definition) is 5. The van der Waals surface area contributed by atoms with Crippen LogP contribution in [0.5, 0.6) is 0 Å². The van der Waals surface area contributed by atoms with Crippen molar-refractivity contribution in [3.8, 4) is 0 Å². The molecule has 0 saturated heterocycles. The van der Waals surface area contributed by atoms with Crippen LogP contribution in [0.3, 0.4) is 0 Å². The number of rotatable bonds is 5. The second-order valence-corrected chi connectivity index (χ2v) is 4.91. The Hall–Kier alpha value is -3.22. The molecule has 1 heterocycles. The number of aromatic nitrogens is 1. The molecule has 1 aromatic heterocycles. The van der Waals surface area contributed by atoms with E-state index in [1.165, 1.54) is 18.2 Å². The quantitative estimate of drug-likeness (QED) is 0.521. The fourth-order valence-electron chi connectivity index (χ4n) is 1.99. The molecule has 7 heteroatoms. The fraction of sp³-hybridized carbons (Fsp3) is 0.125. The molecule has 0 saturated carbocycles. The van der Waals surface area contributed by atoms with Crippen LogP contribution in [0.2, 0.25) is 0 Å². The van der Waals surface area contributed by atoms with Gasteiger partial charge < -0.3 is 10.2 Å². The van der Waals surface area contributed by atoms with E-state index in [0.29, 0.717) is 17.1 Å². The van der Waals surface area contributed by atoms with Crippen molar-refractivity contribution >= 4 is 29.2 Å². The van der Waals surface area contributed by atoms with Crippen LogP contribution in [0.25, 0.3) is 6.08 Å². The highest BCUT2D eigenvalue weighted by molar-refractivity contribution is 6.03. The number of pyridine rings is 1. The summed E-state index contributed by atoms with van der Waals surface area (Å²) in [4.78, 5) is 28.4. The van der Waals surface area contributed by atoms with Crippen molar-refractivity contribution in [2.24, 2.45) is 0 Å². The number of carbonyl (C=O) groups is 1. The van der Waals surface area contributed by atoms with E-state index in [1.807, 2.05) is 14.1 Å². The second kappa shape index (κ2) is 7.17. The van der Waals surface area contributed by atoms with Crippen LogP contribution in [0.1, 0.15) is 5.56 Å². The van der Waals surface area contributed by atoms with E-state index < -0.39 is 4.92 Å². The smallest absolute Gasteiger partial charge is 0.276 e. The van der Waals surface area contributed by atoms with Crippen molar-refractivity contribution in [3.05, 3.63) is 64.3 Å². The molecule has 0 aliphatic heterocycles. The van der Waals surface area contributed by atoms with Crippen molar-refractivity contribution in [2.45, 2.75) is 0 Å². The Bertz CT molecular complexity index is 756. The molecule has 0 fully saturated rings. The largest absolute Gasteiger partial charge is 0.361 e. The second-order valence-electron chi connectivity index (χ2n) is 4.91. The van der Waals surface area contributed by atoms with Crippen LogP contribution < -0.4 is 10.2 Å². The summed E-state index contributed by atoms with van der Waals surface area (Å²) in [5, 5.41) is 13.6. The van der Waals surface area contributed by atoms with E-state index in [1.54, 1.807) is 41.4 Å². The summed E-state index contributed by atoms with van der Waals surface area (Å²) in [7, 11) is 3.64. The highest BCUT2D eigenvalue weighted by Gasteiger charge is 2.11. The normalized spacial score (nSPS) is 10.5. The van der Waals surface area contributed by atoms with Gasteiger partial charge in [0.1, 0.15) is 0 Å². The third-order valence-corrected chi connectivity index (χ3v) is 3.02. The Morgan fingerprint density at radius 1 is 1.26 bits per heavy atom. The highest BCUT2D eigenvalue weighted by Crippen LogP contribution is 2.21. The molecule has 7 nitrogen and oxygen atoms in total.